The minimum absolute atomic E-state index is 0.0174. The highest BCUT2D eigenvalue weighted by Crippen LogP contribution is 2.15. The molecule has 1 saturated heterocycles. The molecule has 1 aliphatic rings. The number of rotatable bonds is 4. The van der Waals surface area contributed by atoms with Crippen molar-refractivity contribution >= 4 is 17.8 Å². The molecule has 0 aromatic carbocycles. The minimum Gasteiger partial charge on any atom is -0.481 e. The van der Waals surface area contributed by atoms with Crippen LogP contribution in [-0.2, 0) is 14.4 Å². The minimum atomic E-state index is -0.952. The van der Waals surface area contributed by atoms with E-state index in [0.717, 1.165) is 4.90 Å². The Balaban J connectivity index is 2.71. The molecule has 0 saturated carbocycles. The van der Waals surface area contributed by atoms with E-state index in [-0.39, 0.29) is 18.4 Å². The van der Waals surface area contributed by atoms with Gasteiger partial charge in [-0.1, -0.05) is 6.92 Å². The molecule has 1 unspecified atom stereocenters. The predicted octanol–water partition coefficient (Wildman–Crippen LogP) is 1.03. The topological polar surface area (TPSA) is 74.7 Å². The van der Waals surface area contributed by atoms with Crippen molar-refractivity contribution in [2.24, 2.45) is 5.92 Å². The molecule has 2 amide bonds. The average Bonchev–Trinajstić information content (AvgIpc) is 2.38. The molecule has 5 nitrogen and oxygen atoms in total. The SMILES string of the molecule is CCC(CN1C(=O)CCCCC1=O)C(=O)O. The van der Waals surface area contributed by atoms with E-state index in [2.05, 4.69) is 0 Å². The van der Waals surface area contributed by atoms with Crippen LogP contribution < -0.4 is 0 Å². The van der Waals surface area contributed by atoms with E-state index in [4.69, 9.17) is 5.11 Å². The van der Waals surface area contributed by atoms with E-state index >= 15 is 0 Å². The van der Waals surface area contributed by atoms with Gasteiger partial charge in [-0.2, -0.15) is 0 Å². The molecular weight excluding hydrogens is 210 g/mol. The summed E-state index contributed by atoms with van der Waals surface area (Å²) in [7, 11) is 0. The van der Waals surface area contributed by atoms with Crippen molar-refractivity contribution in [2.75, 3.05) is 6.54 Å². The fourth-order valence-electron chi connectivity index (χ4n) is 1.77. The summed E-state index contributed by atoms with van der Waals surface area (Å²) in [4.78, 5) is 35.2. The number of carboxylic acid groups (broad SMARTS) is 1. The fraction of sp³-hybridized carbons (Fsp3) is 0.727. The van der Waals surface area contributed by atoms with Crippen LogP contribution in [0.15, 0.2) is 0 Å². The zero-order valence-corrected chi connectivity index (χ0v) is 9.44. The van der Waals surface area contributed by atoms with Crippen LogP contribution in [0.4, 0.5) is 0 Å². The highest BCUT2D eigenvalue weighted by atomic mass is 16.4. The zero-order valence-electron chi connectivity index (χ0n) is 9.44. The molecule has 1 atom stereocenters. The lowest BCUT2D eigenvalue weighted by Crippen LogP contribution is -2.40. The van der Waals surface area contributed by atoms with E-state index in [1.165, 1.54) is 0 Å². The fourth-order valence-corrected chi connectivity index (χ4v) is 1.77. The number of imide groups is 1. The molecule has 1 N–H and O–H groups in total. The van der Waals surface area contributed by atoms with Gasteiger partial charge in [-0.05, 0) is 19.3 Å². The monoisotopic (exact) mass is 227 g/mol. The summed E-state index contributed by atoms with van der Waals surface area (Å²) in [6, 6.07) is 0. The van der Waals surface area contributed by atoms with E-state index in [1.807, 2.05) is 0 Å². The molecule has 0 aromatic rings. The number of amides is 2. The maximum Gasteiger partial charge on any atom is 0.308 e. The third-order valence-corrected chi connectivity index (χ3v) is 2.88. The van der Waals surface area contributed by atoms with Crippen LogP contribution in [0, 0.1) is 5.92 Å². The van der Waals surface area contributed by atoms with Crippen molar-refractivity contribution in [3.05, 3.63) is 0 Å². The van der Waals surface area contributed by atoms with Gasteiger partial charge < -0.3 is 5.11 Å². The van der Waals surface area contributed by atoms with Gasteiger partial charge >= 0.3 is 5.97 Å². The predicted molar refractivity (Wildman–Crippen MR) is 56.6 cm³/mol. The van der Waals surface area contributed by atoms with Crippen LogP contribution in [0.5, 0.6) is 0 Å². The Morgan fingerprint density at radius 2 is 1.81 bits per heavy atom. The Hall–Kier alpha value is -1.39. The second kappa shape index (κ2) is 5.63. The van der Waals surface area contributed by atoms with Gasteiger partial charge in [0.1, 0.15) is 0 Å². The van der Waals surface area contributed by atoms with E-state index in [0.29, 0.717) is 32.1 Å². The second-order valence-corrected chi connectivity index (χ2v) is 4.05. The van der Waals surface area contributed by atoms with E-state index in [1.54, 1.807) is 6.92 Å². The summed E-state index contributed by atoms with van der Waals surface area (Å²) >= 11 is 0. The quantitative estimate of drug-likeness (QED) is 0.728. The molecule has 0 aromatic heterocycles. The number of carbonyl (C=O) groups is 3. The Morgan fingerprint density at radius 1 is 1.31 bits per heavy atom. The molecule has 1 heterocycles. The second-order valence-electron chi connectivity index (χ2n) is 4.05. The average molecular weight is 227 g/mol. The molecule has 1 aliphatic heterocycles. The molecule has 0 spiro atoms. The van der Waals surface area contributed by atoms with Crippen molar-refractivity contribution in [3.8, 4) is 0 Å². The van der Waals surface area contributed by atoms with Gasteiger partial charge in [0.25, 0.3) is 0 Å². The van der Waals surface area contributed by atoms with Gasteiger partial charge in [-0.15, -0.1) is 0 Å². The molecule has 1 rings (SSSR count). The Bertz CT molecular complexity index is 282. The van der Waals surface area contributed by atoms with Gasteiger partial charge in [0.2, 0.25) is 11.8 Å². The smallest absolute Gasteiger partial charge is 0.308 e. The number of hydrogen-bond donors (Lipinski definition) is 1. The van der Waals surface area contributed by atoms with Crippen LogP contribution in [-0.4, -0.2) is 34.3 Å². The molecule has 16 heavy (non-hydrogen) atoms. The van der Waals surface area contributed by atoms with Crippen LogP contribution in [0.3, 0.4) is 0 Å². The third-order valence-electron chi connectivity index (χ3n) is 2.88. The summed E-state index contributed by atoms with van der Waals surface area (Å²) in [5.41, 5.74) is 0. The Kier molecular flexibility index (Phi) is 4.46. The summed E-state index contributed by atoms with van der Waals surface area (Å²) in [6.07, 6.45) is 2.55. The molecule has 0 aliphatic carbocycles. The van der Waals surface area contributed by atoms with Crippen LogP contribution in [0.25, 0.3) is 0 Å². The van der Waals surface area contributed by atoms with Crippen LogP contribution in [0.2, 0.25) is 0 Å². The van der Waals surface area contributed by atoms with Gasteiger partial charge in [0.15, 0.2) is 0 Å². The summed E-state index contributed by atoms with van der Waals surface area (Å²) in [6.45, 7) is 1.76. The summed E-state index contributed by atoms with van der Waals surface area (Å²) < 4.78 is 0. The van der Waals surface area contributed by atoms with Crippen molar-refractivity contribution in [1.29, 1.82) is 0 Å². The van der Waals surface area contributed by atoms with E-state index < -0.39 is 11.9 Å². The molecule has 90 valence electrons. The first-order chi connectivity index (χ1) is 7.56. The number of nitrogens with zero attached hydrogens (tertiary/aromatic N) is 1. The van der Waals surface area contributed by atoms with Crippen LogP contribution >= 0.6 is 0 Å². The first kappa shape index (κ1) is 12.7. The number of carboxylic acids is 1. The maximum atomic E-state index is 11.6. The van der Waals surface area contributed by atoms with Gasteiger partial charge in [-0.25, -0.2) is 0 Å². The first-order valence-corrected chi connectivity index (χ1v) is 5.62. The maximum absolute atomic E-state index is 11.6. The Morgan fingerprint density at radius 3 is 2.19 bits per heavy atom. The number of likely N-dealkylation sites (tertiary alicyclic amines) is 1. The lowest BCUT2D eigenvalue weighted by atomic mass is 10.1. The standard InChI is InChI=1S/C11H17NO4/c1-2-8(11(15)16)7-12-9(13)5-3-4-6-10(12)14/h8H,2-7H2,1H3,(H,15,16). The molecule has 0 bridgehead atoms. The Labute approximate surface area is 94.4 Å². The lowest BCUT2D eigenvalue weighted by molar-refractivity contribution is -0.148. The van der Waals surface area contributed by atoms with Crippen molar-refractivity contribution in [3.63, 3.8) is 0 Å². The number of carbonyl (C=O) groups excluding carboxylic acids is 2. The molecular formula is C11H17NO4. The summed E-state index contributed by atoms with van der Waals surface area (Å²) in [5, 5.41) is 8.90. The number of hydrogen-bond acceptors (Lipinski definition) is 3. The molecule has 5 heteroatoms. The number of aliphatic carboxylic acids is 1. The van der Waals surface area contributed by atoms with Crippen LogP contribution in [0.1, 0.15) is 39.0 Å². The first-order valence-electron chi connectivity index (χ1n) is 5.62. The largest absolute Gasteiger partial charge is 0.481 e. The van der Waals surface area contributed by atoms with Gasteiger partial charge in [0.05, 0.1) is 5.92 Å². The highest BCUT2D eigenvalue weighted by Gasteiger charge is 2.28. The van der Waals surface area contributed by atoms with Crippen molar-refractivity contribution < 1.29 is 19.5 Å². The van der Waals surface area contributed by atoms with Crippen molar-refractivity contribution in [2.45, 2.75) is 39.0 Å². The normalized spacial score (nSPS) is 19.4. The third kappa shape index (κ3) is 3.05. The summed E-state index contributed by atoms with van der Waals surface area (Å²) in [5.74, 6) is -2.07. The van der Waals surface area contributed by atoms with Gasteiger partial charge in [0, 0.05) is 19.4 Å². The molecule has 0 radical (unpaired) electrons. The van der Waals surface area contributed by atoms with E-state index in [9.17, 15) is 14.4 Å². The molecule has 1 fully saturated rings. The van der Waals surface area contributed by atoms with Gasteiger partial charge in [-0.3, -0.25) is 19.3 Å². The van der Waals surface area contributed by atoms with Crippen molar-refractivity contribution in [1.82, 2.24) is 4.90 Å². The lowest BCUT2D eigenvalue weighted by Gasteiger charge is -2.21. The zero-order chi connectivity index (χ0) is 12.1. The highest BCUT2D eigenvalue weighted by molar-refractivity contribution is 5.96.